The van der Waals surface area contributed by atoms with Gasteiger partial charge in [0.15, 0.2) is 0 Å². The Morgan fingerprint density at radius 1 is 1.38 bits per heavy atom. The van der Waals surface area contributed by atoms with Gasteiger partial charge in [-0.2, -0.15) is 0 Å². The largest absolute Gasteiger partial charge is 0.506 e. The Bertz CT molecular complexity index is 727. The summed E-state index contributed by atoms with van der Waals surface area (Å²) in [4.78, 5) is 36.5. The van der Waals surface area contributed by atoms with Crippen molar-refractivity contribution in [2.75, 3.05) is 32.1 Å². The molecule has 0 radical (unpaired) electrons. The molecule has 0 fully saturated rings. The Kier molecular flexibility index (Phi) is 5.05. The van der Waals surface area contributed by atoms with Gasteiger partial charge < -0.3 is 30.3 Å². The van der Waals surface area contributed by atoms with Crippen LogP contribution in [-0.4, -0.2) is 64.9 Å². The van der Waals surface area contributed by atoms with Crippen molar-refractivity contribution in [3.05, 3.63) is 35.0 Å². The van der Waals surface area contributed by atoms with E-state index in [1.54, 1.807) is 0 Å². The fourth-order valence-electron chi connectivity index (χ4n) is 2.25. The van der Waals surface area contributed by atoms with Crippen molar-refractivity contribution in [3.8, 4) is 5.75 Å². The molecule has 4 N–H and O–H groups in total. The minimum atomic E-state index is -1.21. The number of β-amino-alcohol motifs (C(OH)–C–C–N with tert-alkyl or cyclic N) is 1. The summed E-state index contributed by atoms with van der Waals surface area (Å²) in [6.07, 6.45) is 0. The first-order chi connectivity index (χ1) is 11.4. The van der Waals surface area contributed by atoms with Gasteiger partial charge >= 0.3 is 11.9 Å². The highest BCUT2D eigenvalue weighted by Crippen LogP contribution is 2.29. The highest BCUT2D eigenvalue weighted by Gasteiger charge is 2.34. The number of methoxy groups -OCH3 is 1. The quantitative estimate of drug-likeness (QED) is 0.413. The maximum Gasteiger partial charge on any atom is 0.337 e. The maximum atomic E-state index is 12.3. The number of nitrogens with one attached hydrogen (secondary N) is 1. The number of carboxylic acids is 1. The van der Waals surface area contributed by atoms with Gasteiger partial charge in [0.1, 0.15) is 11.4 Å². The number of carbonyl (C=O) groups excluding carboxylic acids is 2. The number of nitrogens with zero attached hydrogens (tertiary/aromatic N) is 1. The van der Waals surface area contributed by atoms with E-state index in [0.717, 1.165) is 19.2 Å². The summed E-state index contributed by atoms with van der Waals surface area (Å²) in [5, 5.41) is 30.5. The van der Waals surface area contributed by atoms with Crippen molar-refractivity contribution in [2.24, 2.45) is 0 Å². The summed E-state index contributed by atoms with van der Waals surface area (Å²) >= 11 is 0. The van der Waals surface area contributed by atoms with Crippen LogP contribution in [0.2, 0.25) is 0 Å². The van der Waals surface area contributed by atoms with E-state index in [1.165, 1.54) is 11.0 Å². The predicted molar refractivity (Wildman–Crippen MR) is 81.4 cm³/mol. The Labute approximate surface area is 136 Å². The average Bonchev–Trinajstić information content (AvgIpc) is 2.85. The SMILES string of the molecule is COC(=O)C1=C(Nc2cc(C(=O)O)ccc2O)C(=O)N(CCO)C1. The summed E-state index contributed by atoms with van der Waals surface area (Å²) in [7, 11) is 1.16. The van der Waals surface area contributed by atoms with E-state index in [2.05, 4.69) is 10.1 Å². The van der Waals surface area contributed by atoms with Crippen molar-refractivity contribution in [2.45, 2.75) is 0 Å². The lowest BCUT2D eigenvalue weighted by Crippen LogP contribution is -2.31. The number of ether oxygens (including phenoxy) is 1. The van der Waals surface area contributed by atoms with E-state index in [0.29, 0.717) is 0 Å². The van der Waals surface area contributed by atoms with Gasteiger partial charge in [-0.3, -0.25) is 4.79 Å². The van der Waals surface area contributed by atoms with Crippen LogP contribution in [-0.2, 0) is 14.3 Å². The molecule has 9 heteroatoms. The summed E-state index contributed by atoms with van der Waals surface area (Å²) < 4.78 is 4.63. The zero-order valence-electron chi connectivity index (χ0n) is 12.8. The Hall–Kier alpha value is -3.07. The van der Waals surface area contributed by atoms with Crippen LogP contribution < -0.4 is 5.32 Å². The third kappa shape index (κ3) is 3.30. The van der Waals surface area contributed by atoms with Gasteiger partial charge in [-0.1, -0.05) is 0 Å². The van der Waals surface area contributed by atoms with Gasteiger partial charge in [0.25, 0.3) is 5.91 Å². The molecule has 0 saturated heterocycles. The molecule has 1 heterocycles. The van der Waals surface area contributed by atoms with Crippen LogP contribution in [0.15, 0.2) is 29.5 Å². The first-order valence-electron chi connectivity index (χ1n) is 6.94. The second kappa shape index (κ2) is 7.01. The number of carboxylic acid groups (broad SMARTS) is 1. The molecule has 0 saturated carbocycles. The molecular weight excluding hydrogens is 320 g/mol. The van der Waals surface area contributed by atoms with Crippen molar-refractivity contribution in [1.82, 2.24) is 4.90 Å². The van der Waals surface area contributed by atoms with Crippen molar-refractivity contribution >= 4 is 23.5 Å². The number of phenolic OH excluding ortho intramolecular Hbond substituents is 1. The number of aliphatic hydroxyl groups is 1. The molecule has 0 aliphatic carbocycles. The summed E-state index contributed by atoms with van der Waals surface area (Å²) in [6, 6.07) is 3.50. The molecule has 1 aliphatic rings. The van der Waals surface area contributed by atoms with Crippen LogP contribution in [0.3, 0.4) is 0 Å². The number of esters is 1. The summed E-state index contributed by atoms with van der Waals surface area (Å²) in [5.74, 6) is -2.80. The second-order valence-corrected chi connectivity index (χ2v) is 4.96. The molecule has 0 unspecified atom stereocenters. The van der Waals surface area contributed by atoms with Gasteiger partial charge in [0, 0.05) is 6.54 Å². The monoisotopic (exact) mass is 336 g/mol. The van der Waals surface area contributed by atoms with E-state index in [9.17, 15) is 19.5 Å². The van der Waals surface area contributed by atoms with Crippen LogP contribution in [0.1, 0.15) is 10.4 Å². The zero-order valence-corrected chi connectivity index (χ0v) is 12.8. The standard InChI is InChI=1S/C15H16N2O7/c1-24-15(23)9-7-17(4-5-18)13(20)12(9)16-10-6-8(14(21)22)2-3-11(10)19/h2-3,6,16,18-19H,4-5,7H2,1H3,(H,21,22). The van der Waals surface area contributed by atoms with Crippen molar-refractivity contribution in [1.29, 1.82) is 0 Å². The normalized spacial score (nSPS) is 14.1. The molecule has 128 valence electrons. The van der Waals surface area contributed by atoms with E-state index in [4.69, 9.17) is 10.2 Å². The lowest BCUT2D eigenvalue weighted by atomic mass is 10.1. The van der Waals surface area contributed by atoms with Crippen molar-refractivity contribution in [3.63, 3.8) is 0 Å². The Morgan fingerprint density at radius 3 is 2.67 bits per heavy atom. The van der Waals surface area contributed by atoms with Crippen LogP contribution in [0, 0.1) is 0 Å². The third-order valence-corrected chi connectivity index (χ3v) is 3.46. The highest BCUT2D eigenvalue weighted by molar-refractivity contribution is 6.08. The van der Waals surface area contributed by atoms with Crippen LogP contribution in [0.5, 0.6) is 5.75 Å². The molecule has 0 bridgehead atoms. The number of rotatable bonds is 6. The molecule has 1 aromatic rings. The number of hydrogen-bond acceptors (Lipinski definition) is 7. The van der Waals surface area contributed by atoms with Crippen LogP contribution in [0.4, 0.5) is 5.69 Å². The number of phenols is 1. The van der Waals surface area contributed by atoms with Gasteiger partial charge in [-0.05, 0) is 18.2 Å². The average molecular weight is 336 g/mol. The molecular formula is C15H16N2O7. The van der Waals surface area contributed by atoms with Crippen LogP contribution in [0.25, 0.3) is 0 Å². The lowest BCUT2D eigenvalue weighted by molar-refractivity contribution is -0.136. The maximum absolute atomic E-state index is 12.3. The number of anilines is 1. The molecule has 0 atom stereocenters. The molecule has 1 aliphatic heterocycles. The molecule has 0 aromatic heterocycles. The van der Waals surface area contributed by atoms with Gasteiger partial charge in [-0.15, -0.1) is 0 Å². The number of aliphatic hydroxyl groups excluding tert-OH is 1. The van der Waals surface area contributed by atoms with E-state index < -0.39 is 17.8 Å². The van der Waals surface area contributed by atoms with Gasteiger partial charge in [-0.25, -0.2) is 9.59 Å². The number of aromatic carboxylic acids is 1. The predicted octanol–water partition coefficient (Wildman–Crippen LogP) is -0.236. The Morgan fingerprint density at radius 2 is 2.08 bits per heavy atom. The topological polar surface area (TPSA) is 136 Å². The smallest absolute Gasteiger partial charge is 0.337 e. The Balaban J connectivity index is 2.40. The third-order valence-electron chi connectivity index (χ3n) is 3.46. The van der Waals surface area contributed by atoms with Crippen LogP contribution >= 0.6 is 0 Å². The van der Waals surface area contributed by atoms with E-state index in [1.807, 2.05) is 0 Å². The number of aromatic hydroxyl groups is 1. The van der Waals surface area contributed by atoms with E-state index in [-0.39, 0.29) is 48.0 Å². The second-order valence-electron chi connectivity index (χ2n) is 4.96. The first-order valence-corrected chi connectivity index (χ1v) is 6.94. The summed E-state index contributed by atoms with van der Waals surface area (Å²) in [6.45, 7) is -0.327. The van der Waals surface area contributed by atoms with Gasteiger partial charge in [0.2, 0.25) is 0 Å². The molecule has 2 rings (SSSR count). The molecule has 24 heavy (non-hydrogen) atoms. The summed E-state index contributed by atoms with van der Waals surface area (Å²) in [5.41, 5.74) is -0.247. The number of benzene rings is 1. The highest BCUT2D eigenvalue weighted by atomic mass is 16.5. The zero-order chi connectivity index (χ0) is 17.9. The minimum Gasteiger partial charge on any atom is -0.506 e. The number of carbonyl (C=O) groups is 3. The van der Waals surface area contributed by atoms with Gasteiger partial charge in [0.05, 0.1) is 37.1 Å². The first kappa shape index (κ1) is 17.3. The van der Waals surface area contributed by atoms with E-state index >= 15 is 0 Å². The fourth-order valence-corrected chi connectivity index (χ4v) is 2.25. The molecule has 9 nitrogen and oxygen atoms in total. The molecule has 1 aromatic carbocycles. The lowest BCUT2D eigenvalue weighted by Gasteiger charge is -2.15. The number of hydrogen-bond donors (Lipinski definition) is 4. The fraction of sp³-hybridized carbons (Fsp3) is 0.267. The molecule has 0 spiro atoms. The van der Waals surface area contributed by atoms with Crippen molar-refractivity contribution < 1.29 is 34.4 Å². The minimum absolute atomic E-state index is 0.0195. The molecule has 1 amide bonds. The number of amides is 1.